The number of aromatic nitrogens is 4. The molecule has 3 N–H and O–H groups in total. The van der Waals surface area contributed by atoms with Crippen LogP contribution in [-0.2, 0) is 15.1 Å². The molecule has 1 fully saturated rings. The molecular formula is C32H33N5O6. The Kier molecular flexibility index (Phi) is 7.85. The molecule has 0 spiro atoms. The van der Waals surface area contributed by atoms with Gasteiger partial charge in [0, 0.05) is 13.5 Å². The largest absolute Gasteiger partial charge is 0.497 e. The van der Waals surface area contributed by atoms with Crippen molar-refractivity contribution >= 4 is 17.1 Å². The summed E-state index contributed by atoms with van der Waals surface area (Å²) in [5, 5.41) is 13.4. The number of rotatable bonds is 10. The highest BCUT2D eigenvalue weighted by atomic mass is 16.6. The molecule has 2 aromatic heterocycles. The van der Waals surface area contributed by atoms with Crippen molar-refractivity contribution in [2.75, 3.05) is 33.2 Å². The van der Waals surface area contributed by atoms with Crippen molar-refractivity contribution in [1.82, 2.24) is 19.5 Å². The van der Waals surface area contributed by atoms with Crippen LogP contribution in [0, 0.1) is 0 Å². The van der Waals surface area contributed by atoms with Gasteiger partial charge in [-0.15, -0.1) is 0 Å². The normalized spacial score (nSPS) is 18.6. The summed E-state index contributed by atoms with van der Waals surface area (Å²) in [4.78, 5) is 24.0. The Hall–Kier alpha value is -4.71. The van der Waals surface area contributed by atoms with Crippen LogP contribution in [0.15, 0.2) is 90.0 Å². The van der Waals surface area contributed by atoms with E-state index >= 15 is 0 Å². The molecule has 3 aromatic carbocycles. The van der Waals surface area contributed by atoms with Crippen molar-refractivity contribution in [2.45, 2.75) is 30.5 Å². The van der Waals surface area contributed by atoms with Crippen LogP contribution in [-0.4, -0.2) is 64.7 Å². The average molecular weight is 584 g/mol. The molecule has 0 aliphatic carbocycles. The molecule has 0 radical (unpaired) electrons. The van der Waals surface area contributed by atoms with Crippen molar-refractivity contribution in [3.8, 4) is 11.5 Å². The molecule has 0 bridgehead atoms. The van der Waals surface area contributed by atoms with E-state index in [9.17, 15) is 9.90 Å². The first-order chi connectivity index (χ1) is 21.0. The molecule has 11 nitrogen and oxygen atoms in total. The minimum atomic E-state index is -1.10. The lowest BCUT2D eigenvalue weighted by Crippen LogP contribution is -2.40. The smallest absolute Gasteiger partial charge is 0.280 e. The third-order valence-electron chi connectivity index (χ3n) is 7.84. The standard InChI is InChI=1S/C32H33N5O6/c1-33-31-35-29-28(30(39)36-31)34-19-37(29)27-17-25(26(18-38)42-27)43-32(20-7-5-4-6-8-20,21-9-13-23(40-2)14-10-21)22-11-15-24(41-3)16-12-22/h4-16,19,25-27,38H,17-18H2,1-3H3,(H2,33,35,36,39)/t25-,26+,27+/m0/s1. The Morgan fingerprint density at radius 3 is 2.14 bits per heavy atom. The number of aliphatic hydroxyl groups is 1. The van der Waals surface area contributed by atoms with Crippen LogP contribution in [0.25, 0.3) is 11.2 Å². The highest BCUT2D eigenvalue weighted by molar-refractivity contribution is 5.70. The molecule has 6 rings (SSSR count). The average Bonchev–Trinajstić information content (AvgIpc) is 3.68. The fourth-order valence-electron chi connectivity index (χ4n) is 5.67. The number of benzene rings is 3. The van der Waals surface area contributed by atoms with Crippen LogP contribution in [0.5, 0.6) is 11.5 Å². The number of H-pyrrole nitrogens is 1. The van der Waals surface area contributed by atoms with Gasteiger partial charge in [-0.05, 0) is 41.0 Å². The number of imidazole rings is 1. The second-order valence-corrected chi connectivity index (χ2v) is 10.2. The number of hydrogen-bond donors (Lipinski definition) is 3. The lowest BCUT2D eigenvalue weighted by atomic mass is 9.79. The van der Waals surface area contributed by atoms with Crippen molar-refractivity contribution in [1.29, 1.82) is 0 Å². The number of nitrogens with zero attached hydrogens (tertiary/aromatic N) is 3. The van der Waals surface area contributed by atoms with E-state index in [1.807, 2.05) is 78.9 Å². The Balaban J connectivity index is 1.47. The highest BCUT2D eigenvalue weighted by Crippen LogP contribution is 2.45. The molecule has 5 aromatic rings. The maximum absolute atomic E-state index is 12.6. The Morgan fingerprint density at radius 2 is 1.58 bits per heavy atom. The van der Waals surface area contributed by atoms with E-state index < -0.39 is 24.0 Å². The van der Waals surface area contributed by atoms with Crippen LogP contribution in [0.4, 0.5) is 5.95 Å². The van der Waals surface area contributed by atoms with Crippen LogP contribution >= 0.6 is 0 Å². The topological polar surface area (TPSA) is 133 Å². The fourth-order valence-corrected chi connectivity index (χ4v) is 5.67. The van der Waals surface area contributed by atoms with Gasteiger partial charge < -0.3 is 29.4 Å². The number of fused-ring (bicyclic) bond motifs is 1. The van der Waals surface area contributed by atoms with E-state index in [0.717, 1.165) is 16.7 Å². The molecule has 3 heterocycles. The summed E-state index contributed by atoms with van der Waals surface area (Å²) >= 11 is 0. The van der Waals surface area contributed by atoms with Gasteiger partial charge in [0.15, 0.2) is 11.2 Å². The van der Waals surface area contributed by atoms with Gasteiger partial charge in [-0.25, -0.2) is 4.98 Å². The van der Waals surface area contributed by atoms with E-state index in [-0.39, 0.29) is 17.7 Å². The number of nitrogens with one attached hydrogen (secondary N) is 2. The van der Waals surface area contributed by atoms with Crippen LogP contribution in [0.3, 0.4) is 0 Å². The van der Waals surface area contributed by atoms with Gasteiger partial charge in [0.25, 0.3) is 5.56 Å². The first-order valence-corrected chi connectivity index (χ1v) is 13.9. The van der Waals surface area contributed by atoms with Crippen LogP contribution in [0.1, 0.15) is 29.3 Å². The van der Waals surface area contributed by atoms with Gasteiger partial charge >= 0.3 is 0 Å². The van der Waals surface area contributed by atoms with Crippen LogP contribution < -0.4 is 20.3 Å². The van der Waals surface area contributed by atoms with Crippen molar-refractivity contribution < 1.29 is 24.1 Å². The summed E-state index contributed by atoms with van der Waals surface area (Å²) in [6, 6.07) is 25.5. The minimum absolute atomic E-state index is 0.197. The fraction of sp³-hybridized carbons (Fsp3) is 0.281. The number of anilines is 1. The number of aliphatic hydroxyl groups excluding tert-OH is 1. The van der Waals surface area contributed by atoms with Gasteiger partial charge in [0.1, 0.15) is 29.4 Å². The highest BCUT2D eigenvalue weighted by Gasteiger charge is 2.46. The zero-order valence-corrected chi connectivity index (χ0v) is 24.1. The van der Waals surface area contributed by atoms with E-state index in [1.54, 1.807) is 25.8 Å². The van der Waals surface area contributed by atoms with Gasteiger partial charge in [0.2, 0.25) is 5.95 Å². The quantitative estimate of drug-likeness (QED) is 0.210. The molecule has 0 amide bonds. The molecule has 1 aliphatic heterocycles. The molecular weight excluding hydrogens is 550 g/mol. The minimum Gasteiger partial charge on any atom is -0.497 e. The first-order valence-electron chi connectivity index (χ1n) is 13.9. The second-order valence-electron chi connectivity index (χ2n) is 10.2. The van der Waals surface area contributed by atoms with E-state index in [4.69, 9.17) is 18.9 Å². The number of ether oxygens (including phenoxy) is 4. The summed E-state index contributed by atoms with van der Waals surface area (Å²) in [6.07, 6.45) is 0.0633. The predicted molar refractivity (Wildman–Crippen MR) is 160 cm³/mol. The maximum Gasteiger partial charge on any atom is 0.280 e. The Labute approximate surface area is 248 Å². The molecule has 1 saturated heterocycles. The van der Waals surface area contributed by atoms with E-state index in [1.165, 1.54) is 6.33 Å². The lowest BCUT2D eigenvalue weighted by Gasteiger charge is -2.39. The van der Waals surface area contributed by atoms with Gasteiger partial charge in [-0.1, -0.05) is 54.6 Å². The Morgan fingerprint density at radius 1 is 0.977 bits per heavy atom. The monoisotopic (exact) mass is 583 g/mol. The maximum atomic E-state index is 12.6. The number of aromatic amines is 1. The zero-order valence-electron chi connectivity index (χ0n) is 24.1. The van der Waals surface area contributed by atoms with Gasteiger partial charge in [-0.2, -0.15) is 4.98 Å². The molecule has 11 heteroatoms. The van der Waals surface area contributed by atoms with Crippen molar-refractivity contribution in [3.05, 3.63) is 112 Å². The van der Waals surface area contributed by atoms with Crippen molar-refractivity contribution in [2.24, 2.45) is 0 Å². The first kappa shape index (κ1) is 28.4. The zero-order chi connectivity index (χ0) is 30.0. The summed E-state index contributed by atoms with van der Waals surface area (Å²) in [7, 11) is 4.93. The predicted octanol–water partition coefficient (Wildman–Crippen LogP) is 3.84. The lowest BCUT2D eigenvalue weighted by molar-refractivity contribution is -0.0988. The van der Waals surface area contributed by atoms with E-state index in [0.29, 0.717) is 29.5 Å². The molecule has 0 unspecified atom stereocenters. The SMILES string of the molecule is CNc1nc2c(ncn2[C@H]2C[C@H](OC(c3ccccc3)(c3ccc(OC)cc3)c3ccc(OC)cc3)[C@@H](CO)O2)c(=O)[nH]1. The van der Waals surface area contributed by atoms with Gasteiger partial charge in [0.05, 0.1) is 33.3 Å². The third kappa shape index (κ3) is 5.11. The molecule has 0 saturated carbocycles. The van der Waals surface area contributed by atoms with Crippen LogP contribution in [0.2, 0.25) is 0 Å². The molecule has 222 valence electrons. The number of hydrogen-bond acceptors (Lipinski definition) is 9. The third-order valence-corrected chi connectivity index (χ3v) is 7.84. The van der Waals surface area contributed by atoms with E-state index in [2.05, 4.69) is 20.3 Å². The summed E-state index contributed by atoms with van der Waals surface area (Å²) in [6.45, 7) is -0.278. The molecule has 1 aliphatic rings. The summed E-state index contributed by atoms with van der Waals surface area (Å²) < 4.78 is 26.2. The molecule has 3 atom stereocenters. The number of methoxy groups -OCH3 is 2. The van der Waals surface area contributed by atoms with Crippen molar-refractivity contribution in [3.63, 3.8) is 0 Å². The summed E-state index contributed by atoms with van der Waals surface area (Å²) in [5.74, 6) is 1.74. The summed E-state index contributed by atoms with van der Waals surface area (Å²) in [5.41, 5.74) is 1.74. The Bertz CT molecular complexity index is 1690. The molecule has 43 heavy (non-hydrogen) atoms. The second kappa shape index (κ2) is 11.9. The van der Waals surface area contributed by atoms with Gasteiger partial charge in [-0.3, -0.25) is 14.3 Å².